The van der Waals surface area contributed by atoms with Gasteiger partial charge in [0, 0.05) is 23.8 Å². The molecule has 2 aromatic heterocycles. The highest BCUT2D eigenvalue weighted by Gasteiger charge is 2.19. The lowest BCUT2D eigenvalue weighted by Crippen LogP contribution is -2.26. The first-order valence-corrected chi connectivity index (χ1v) is 10.6. The Bertz CT molecular complexity index is 1220. The molecule has 1 unspecified atom stereocenters. The molecule has 0 radical (unpaired) electrons. The minimum atomic E-state index is -0.993. The summed E-state index contributed by atoms with van der Waals surface area (Å²) in [5, 5.41) is 10.3. The van der Waals surface area contributed by atoms with E-state index in [0.717, 1.165) is 45.7 Å². The summed E-state index contributed by atoms with van der Waals surface area (Å²) in [6, 6.07) is 17.5. The number of fused-ring (bicyclic) bond motifs is 1. The summed E-state index contributed by atoms with van der Waals surface area (Å²) in [5.41, 5.74) is 3.40. The number of carbonyl (C=O) groups is 1. The molecule has 1 atom stereocenters. The molecule has 0 amide bonds. The number of aromatic nitrogens is 1. The quantitative estimate of drug-likeness (QED) is 0.337. The van der Waals surface area contributed by atoms with Gasteiger partial charge in [-0.15, -0.1) is 6.58 Å². The van der Waals surface area contributed by atoms with Crippen LogP contribution in [0.4, 0.5) is 0 Å². The van der Waals surface area contributed by atoms with Gasteiger partial charge in [-0.05, 0) is 35.9 Å². The third-order valence-electron chi connectivity index (χ3n) is 5.21. The van der Waals surface area contributed by atoms with Crippen molar-refractivity contribution in [1.29, 1.82) is 0 Å². The van der Waals surface area contributed by atoms with E-state index in [4.69, 9.17) is 18.6 Å². The van der Waals surface area contributed by atoms with Crippen molar-refractivity contribution >= 4 is 16.9 Å². The van der Waals surface area contributed by atoms with Crippen LogP contribution in [-0.2, 0) is 28.8 Å². The molecule has 0 saturated heterocycles. The van der Waals surface area contributed by atoms with Crippen LogP contribution in [0.5, 0.6) is 0 Å². The minimum absolute atomic E-state index is 0.192. The van der Waals surface area contributed by atoms with Crippen LogP contribution >= 0.6 is 0 Å². The van der Waals surface area contributed by atoms with Crippen LogP contribution in [0.1, 0.15) is 29.7 Å². The van der Waals surface area contributed by atoms with E-state index >= 15 is 0 Å². The molecule has 0 aliphatic carbocycles. The van der Waals surface area contributed by atoms with Gasteiger partial charge in [0.2, 0.25) is 5.89 Å². The SMILES string of the molecule is C=CCOC(Cc1ccc2oc(Cc3nc(-c4ccccc4)oc3CC)cc2c1)C(=O)O. The number of hydrogen-bond acceptors (Lipinski definition) is 5. The topological polar surface area (TPSA) is 85.7 Å². The third kappa shape index (κ3) is 4.81. The smallest absolute Gasteiger partial charge is 0.333 e. The Kier molecular flexibility index (Phi) is 6.52. The van der Waals surface area contributed by atoms with E-state index in [1.54, 1.807) is 6.08 Å². The van der Waals surface area contributed by atoms with Crippen molar-refractivity contribution in [2.45, 2.75) is 32.3 Å². The molecule has 6 nitrogen and oxygen atoms in total. The molecule has 0 saturated carbocycles. The van der Waals surface area contributed by atoms with E-state index in [-0.39, 0.29) is 13.0 Å². The van der Waals surface area contributed by atoms with E-state index in [1.807, 2.05) is 61.5 Å². The van der Waals surface area contributed by atoms with Crippen LogP contribution in [0.3, 0.4) is 0 Å². The first-order valence-electron chi connectivity index (χ1n) is 10.6. The number of ether oxygens (including phenoxy) is 1. The van der Waals surface area contributed by atoms with Gasteiger partial charge >= 0.3 is 5.97 Å². The number of benzene rings is 2. The van der Waals surface area contributed by atoms with Crippen LogP contribution in [0.2, 0.25) is 0 Å². The molecule has 0 spiro atoms. The molecule has 0 aliphatic rings. The minimum Gasteiger partial charge on any atom is -0.479 e. The zero-order valence-corrected chi connectivity index (χ0v) is 17.9. The Hall–Kier alpha value is -3.64. The molecule has 32 heavy (non-hydrogen) atoms. The van der Waals surface area contributed by atoms with Gasteiger partial charge in [0.25, 0.3) is 0 Å². The van der Waals surface area contributed by atoms with E-state index in [0.29, 0.717) is 12.3 Å². The van der Waals surface area contributed by atoms with Crippen LogP contribution in [0, 0.1) is 0 Å². The first-order chi connectivity index (χ1) is 15.6. The number of aryl methyl sites for hydroxylation is 1. The lowest BCUT2D eigenvalue weighted by molar-refractivity contribution is -0.149. The third-order valence-corrected chi connectivity index (χ3v) is 5.21. The number of carboxylic acid groups (broad SMARTS) is 1. The van der Waals surface area contributed by atoms with Gasteiger partial charge in [0.15, 0.2) is 6.10 Å². The molecule has 4 aromatic rings. The Balaban J connectivity index is 1.55. The summed E-state index contributed by atoms with van der Waals surface area (Å²) < 4.78 is 17.4. The van der Waals surface area contributed by atoms with Crippen molar-refractivity contribution < 1.29 is 23.5 Å². The van der Waals surface area contributed by atoms with E-state index in [9.17, 15) is 9.90 Å². The number of furan rings is 1. The summed E-state index contributed by atoms with van der Waals surface area (Å²) >= 11 is 0. The van der Waals surface area contributed by atoms with E-state index < -0.39 is 12.1 Å². The molecule has 1 N–H and O–H groups in total. The fourth-order valence-electron chi connectivity index (χ4n) is 3.64. The predicted octanol–water partition coefficient (Wildman–Crippen LogP) is 5.44. The number of rotatable bonds is 10. The van der Waals surface area contributed by atoms with Crippen molar-refractivity contribution in [3.8, 4) is 11.5 Å². The largest absolute Gasteiger partial charge is 0.479 e. The van der Waals surface area contributed by atoms with Gasteiger partial charge in [0.1, 0.15) is 17.1 Å². The lowest BCUT2D eigenvalue weighted by Gasteiger charge is -2.12. The van der Waals surface area contributed by atoms with Crippen LogP contribution in [-0.4, -0.2) is 28.8 Å². The highest BCUT2D eigenvalue weighted by Crippen LogP contribution is 2.27. The highest BCUT2D eigenvalue weighted by atomic mass is 16.5. The Morgan fingerprint density at radius 2 is 2.00 bits per heavy atom. The molecule has 2 aromatic carbocycles. The highest BCUT2D eigenvalue weighted by molar-refractivity contribution is 5.79. The number of aliphatic carboxylic acids is 1. The summed E-state index contributed by atoms with van der Waals surface area (Å²) in [4.78, 5) is 16.2. The van der Waals surface area contributed by atoms with Crippen LogP contribution < -0.4 is 0 Å². The standard InChI is InChI=1S/C26H25NO5/c1-3-12-30-24(26(28)29)14-17-10-11-23-19(13-17)15-20(31-23)16-21-22(4-2)32-25(27-21)18-8-6-5-7-9-18/h3,5-11,13,15,24H,1,4,12,14,16H2,2H3,(H,28,29). The average molecular weight is 431 g/mol. The van der Waals surface area contributed by atoms with E-state index in [2.05, 4.69) is 6.58 Å². The van der Waals surface area contributed by atoms with Gasteiger partial charge in [-0.3, -0.25) is 0 Å². The maximum Gasteiger partial charge on any atom is 0.333 e. The van der Waals surface area contributed by atoms with Gasteiger partial charge < -0.3 is 18.7 Å². The molecule has 6 heteroatoms. The fourth-order valence-corrected chi connectivity index (χ4v) is 3.64. The second kappa shape index (κ2) is 9.66. The second-order valence-electron chi connectivity index (χ2n) is 7.52. The monoisotopic (exact) mass is 431 g/mol. The van der Waals surface area contributed by atoms with Gasteiger partial charge in [-0.1, -0.05) is 37.3 Å². The zero-order chi connectivity index (χ0) is 22.5. The summed E-state index contributed by atoms with van der Waals surface area (Å²) in [5.74, 6) is 1.23. The average Bonchev–Trinajstić information content (AvgIpc) is 3.40. The Labute approximate surface area is 186 Å². The predicted molar refractivity (Wildman–Crippen MR) is 122 cm³/mol. The molecule has 4 rings (SSSR count). The maximum atomic E-state index is 11.5. The van der Waals surface area contributed by atoms with Crippen LogP contribution in [0.15, 0.2) is 76.1 Å². The molecule has 2 heterocycles. The fraction of sp³-hybridized carbons (Fsp3) is 0.231. The molecular weight excluding hydrogens is 406 g/mol. The van der Waals surface area contributed by atoms with Gasteiger partial charge in [-0.2, -0.15) is 0 Å². The van der Waals surface area contributed by atoms with Gasteiger partial charge in [-0.25, -0.2) is 9.78 Å². The number of carboxylic acids is 1. The van der Waals surface area contributed by atoms with Crippen LogP contribution in [0.25, 0.3) is 22.4 Å². The number of oxazole rings is 1. The number of hydrogen-bond donors (Lipinski definition) is 1. The van der Waals surface area contributed by atoms with Crippen molar-refractivity contribution in [2.24, 2.45) is 0 Å². The summed E-state index contributed by atoms with van der Waals surface area (Å²) in [7, 11) is 0. The van der Waals surface area contributed by atoms with E-state index in [1.165, 1.54) is 0 Å². The first kappa shape index (κ1) is 21.6. The number of nitrogens with zero attached hydrogens (tertiary/aromatic N) is 1. The van der Waals surface area contributed by atoms with Crippen molar-refractivity contribution in [3.63, 3.8) is 0 Å². The molecule has 164 valence electrons. The van der Waals surface area contributed by atoms with Gasteiger partial charge in [0.05, 0.1) is 18.7 Å². The van der Waals surface area contributed by atoms with Crippen molar-refractivity contribution in [3.05, 3.63) is 90.0 Å². The van der Waals surface area contributed by atoms with Crippen molar-refractivity contribution in [2.75, 3.05) is 6.61 Å². The normalized spacial score (nSPS) is 12.2. The molecule has 0 fully saturated rings. The Morgan fingerprint density at radius 1 is 1.19 bits per heavy atom. The lowest BCUT2D eigenvalue weighted by atomic mass is 10.1. The molecule has 0 bridgehead atoms. The van der Waals surface area contributed by atoms with Crippen molar-refractivity contribution in [1.82, 2.24) is 4.98 Å². The second-order valence-corrected chi connectivity index (χ2v) is 7.52. The zero-order valence-electron chi connectivity index (χ0n) is 17.9. The Morgan fingerprint density at radius 3 is 2.72 bits per heavy atom. The molecule has 0 aliphatic heterocycles. The molecular formula is C26H25NO5. The maximum absolute atomic E-state index is 11.5. The summed E-state index contributed by atoms with van der Waals surface area (Å²) in [6.45, 7) is 5.80. The summed E-state index contributed by atoms with van der Waals surface area (Å²) in [6.07, 6.45) is 2.14.